The minimum atomic E-state index is -4.47. The SMILES string of the molecule is CC(O)N(C)C(C)OP(=O)(O)O. The van der Waals surface area contributed by atoms with Crippen molar-refractivity contribution in [2.75, 3.05) is 7.05 Å². The first-order valence-corrected chi connectivity index (χ1v) is 4.91. The summed E-state index contributed by atoms with van der Waals surface area (Å²) in [6.07, 6.45) is -1.64. The van der Waals surface area contributed by atoms with Gasteiger partial charge in [0.25, 0.3) is 0 Å². The van der Waals surface area contributed by atoms with Gasteiger partial charge in [-0.2, -0.15) is 0 Å². The zero-order valence-corrected chi connectivity index (χ0v) is 8.10. The lowest BCUT2D eigenvalue weighted by Crippen LogP contribution is -2.37. The summed E-state index contributed by atoms with van der Waals surface area (Å²) in [5, 5.41) is 8.98. The molecule has 0 bridgehead atoms. The first-order valence-electron chi connectivity index (χ1n) is 3.38. The van der Waals surface area contributed by atoms with E-state index in [9.17, 15) is 4.57 Å². The van der Waals surface area contributed by atoms with Gasteiger partial charge in [0.2, 0.25) is 0 Å². The molecule has 2 atom stereocenters. The van der Waals surface area contributed by atoms with E-state index < -0.39 is 20.3 Å². The van der Waals surface area contributed by atoms with E-state index in [1.54, 1.807) is 0 Å². The fourth-order valence-corrected chi connectivity index (χ4v) is 1.12. The maximum Gasteiger partial charge on any atom is 0.471 e. The molecular weight excluding hydrogens is 185 g/mol. The van der Waals surface area contributed by atoms with Crippen LogP contribution in [0.25, 0.3) is 0 Å². The minimum absolute atomic E-state index is 0.813. The van der Waals surface area contributed by atoms with Gasteiger partial charge >= 0.3 is 7.82 Å². The monoisotopic (exact) mass is 199 g/mol. The molecule has 0 spiro atoms. The Labute approximate surface area is 71.0 Å². The van der Waals surface area contributed by atoms with Crippen LogP contribution in [-0.4, -0.2) is 39.3 Å². The van der Waals surface area contributed by atoms with Crippen molar-refractivity contribution in [3.63, 3.8) is 0 Å². The summed E-state index contributed by atoms with van der Waals surface area (Å²) in [5.41, 5.74) is 0. The smallest absolute Gasteiger partial charge is 0.379 e. The van der Waals surface area contributed by atoms with Gasteiger partial charge in [0.05, 0.1) is 0 Å². The Kier molecular flexibility index (Phi) is 4.33. The summed E-state index contributed by atoms with van der Waals surface area (Å²) in [4.78, 5) is 18.1. The van der Waals surface area contributed by atoms with Gasteiger partial charge in [-0.15, -0.1) is 0 Å². The molecule has 12 heavy (non-hydrogen) atoms. The number of phosphoric ester groups is 1. The predicted octanol–water partition coefficient (Wildman–Crippen LogP) is -0.288. The van der Waals surface area contributed by atoms with Crippen LogP contribution < -0.4 is 0 Å². The van der Waals surface area contributed by atoms with Crippen LogP contribution in [-0.2, 0) is 9.09 Å². The van der Waals surface area contributed by atoms with Crippen molar-refractivity contribution in [2.45, 2.75) is 26.3 Å². The van der Waals surface area contributed by atoms with Gasteiger partial charge in [-0.1, -0.05) is 0 Å². The van der Waals surface area contributed by atoms with E-state index in [4.69, 9.17) is 14.9 Å². The largest absolute Gasteiger partial charge is 0.471 e. The van der Waals surface area contributed by atoms with Crippen molar-refractivity contribution in [3.05, 3.63) is 0 Å². The molecule has 0 amide bonds. The van der Waals surface area contributed by atoms with Crippen LogP contribution in [0.4, 0.5) is 0 Å². The van der Waals surface area contributed by atoms with Crippen molar-refractivity contribution in [2.24, 2.45) is 0 Å². The summed E-state index contributed by atoms with van der Waals surface area (Å²) in [6, 6.07) is 0. The second kappa shape index (κ2) is 4.32. The fraction of sp³-hybridized carbons (Fsp3) is 1.00. The Morgan fingerprint density at radius 2 is 1.83 bits per heavy atom. The molecule has 0 saturated heterocycles. The zero-order valence-electron chi connectivity index (χ0n) is 7.21. The lowest BCUT2D eigenvalue weighted by molar-refractivity contribution is -0.0632. The van der Waals surface area contributed by atoms with Gasteiger partial charge in [-0.3, -0.25) is 9.42 Å². The highest BCUT2D eigenvalue weighted by Crippen LogP contribution is 2.38. The van der Waals surface area contributed by atoms with E-state index in [0.29, 0.717) is 0 Å². The van der Waals surface area contributed by atoms with Crippen LogP contribution in [0.2, 0.25) is 0 Å². The standard InChI is InChI=1S/C5H14NO5P/c1-4(7)6(3)5(2)11-12(8,9)10/h4-5,7H,1-3H3,(H2,8,9,10). The van der Waals surface area contributed by atoms with Crippen molar-refractivity contribution < 1.29 is 24.0 Å². The number of aliphatic hydroxyl groups is 1. The summed E-state index contributed by atoms with van der Waals surface area (Å²) in [7, 11) is -2.98. The molecule has 0 fully saturated rings. The first kappa shape index (κ1) is 12.0. The normalized spacial score (nSPS) is 17.9. The van der Waals surface area contributed by atoms with Gasteiger partial charge in [0.1, 0.15) is 12.5 Å². The molecule has 0 aromatic heterocycles. The molecule has 0 rings (SSSR count). The number of phosphoric acid groups is 1. The van der Waals surface area contributed by atoms with Gasteiger partial charge in [-0.05, 0) is 20.9 Å². The molecule has 0 aliphatic rings. The van der Waals surface area contributed by atoms with E-state index in [0.717, 1.165) is 0 Å². The molecular formula is C5H14NO5P. The van der Waals surface area contributed by atoms with E-state index in [1.807, 2.05) is 0 Å². The second-order valence-corrected chi connectivity index (χ2v) is 3.68. The third-order valence-electron chi connectivity index (χ3n) is 1.45. The molecule has 0 radical (unpaired) electrons. The Balaban J connectivity index is 4.04. The summed E-state index contributed by atoms with van der Waals surface area (Å²) >= 11 is 0. The molecule has 0 aromatic carbocycles. The van der Waals surface area contributed by atoms with E-state index >= 15 is 0 Å². The van der Waals surface area contributed by atoms with Crippen LogP contribution >= 0.6 is 7.82 Å². The molecule has 6 nitrogen and oxygen atoms in total. The molecule has 7 heteroatoms. The van der Waals surface area contributed by atoms with Crippen molar-refractivity contribution in [1.82, 2.24) is 4.90 Å². The van der Waals surface area contributed by atoms with Crippen molar-refractivity contribution in [3.8, 4) is 0 Å². The Morgan fingerprint density at radius 1 is 1.42 bits per heavy atom. The van der Waals surface area contributed by atoms with Crippen LogP contribution in [0.3, 0.4) is 0 Å². The van der Waals surface area contributed by atoms with Gasteiger partial charge in [-0.25, -0.2) is 4.57 Å². The average molecular weight is 199 g/mol. The lowest BCUT2D eigenvalue weighted by atomic mass is 10.5. The molecule has 0 aliphatic heterocycles. The molecule has 74 valence electrons. The Morgan fingerprint density at radius 3 is 2.08 bits per heavy atom. The highest BCUT2D eigenvalue weighted by molar-refractivity contribution is 7.46. The topological polar surface area (TPSA) is 90.2 Å². The molecule has 0 saturated carbocycles. The zero-order chi connectivity index (χ0) is 9.94. The summed E-state index contributed by atoms with van der Waals surface area (Å²) in [6.45, 7) is 2.91. The van der Waals surface area contributed by atoms with Crippen LogP contribution in [0, 0.1) is 0 Å². The van der Waals surface area contributed by atoms with Crippen molar-refractivity contribution in [1.29, 1.82) is 0 Å². The first-order chi connectivity index (χ1) is 5.24. The molecule has 0 aromatic rings. The number of hydrogen-bond donors (Lipinski definition) is 3. The maximum absolute atomic E-state index is 10.3. The maximum atomic E-state index is 10.3. The Bertz CT molecular complexity index is 179. The number of hydrogen-bond acceptors (Lipinski definition) is 4. The van der Waals surface area contributed by atoms with Gasteiger partial charge in [0, 0.05) is 0 Å². The molecule has 0 aliphatic carbocycles. The quantitative estimate of drug-likeness (QED) is 0.426. The van der Waals surface area contributed by atoms with Crippen LogP contribution in [0.5, 0.6) is 0 Å². The van der Waals surface area contributed by atoms with Gasteiger partial charge in [0.15, 0.2) is 0 Å². The Hall–Kier alpha value is 0.0300. The van der Waals surface area contributed by atoms with E-state index in [-0.39, 0.29) is 0 Å². The van der Waals surface area contributed by atoms with Gasteiger partial charge < -0.3 is 14.9 Å². The van der Waals surface area contributed by atoms with Crippen molar-refractivity contribution >= 4 is 7.82 Å². The third kappa shape index (κ3) is 4.82. The number of aliphatic hydroxyl groups excluding tert-OH is 1. The lowest BCUT2D eigenvalue weighted by Gasteiger charge is -2.26. The number of nitrogens with zero attached hydrogens (tertiary/aromatic N) is 1. The highest BCUT2D eigenvalue weighted by Gasteiger charge is 2.23. The predicted molar refractivity (Wildman–Crippen MR) is 42.0 cm³/mol. The summed E-state index contributed by atoms with van der Waals surface area (Å²) in [5.74, 6) is 0. The molecule has 3 N–H and O–H groups in total. The highest BCUT2D eigenvalue weighted by atomic mass is 31.2. The fourth-order valence-electron chi connectivity index (χ4n) is 0.577. The molecule has 2 unspecified atom stereocenters. The number of rotatable bonds is 4. The minimum Gasteiger partial charge on any atom is -0.379 e. The second-order valence-electron chi connectivity index (χ2n) is 2.49. The van der Waals surface area contributed by atoms with E-state index in [2.05, 4.69) is 4.52 Å². The third-order valence-corrected chi connectivity index (χ3v) is 2.03. The summed E-state index contributed by atoms with van der Waals surface area (Å²) < 4.78 is 14.6. The average Bonchev–Trinajstić information content (AvgIpc) is 1.82. The van der Waals surface area contributed by atoms with E-state index in [1.165, 1.54) is 25.8 Å². The molecule has 0 heterocycles. The van der Waals surface area contributed by atoms with Crippen LogP contribution in [0.1, 0.15) is 13.8 Å². The van der Waals surface area contributed by atoms with Crippen LogP contribution in [0.15, 0.2) is 0 Å².